The maximum absolute atomic E-state index is 6.15. The Kier molecular flexibility index (Phi) is 3.71. The number of hydrogen-bond acceptors (Lipinski definition) is 3. The summed E-state index contributed by atoms with van der Waals surface area (Å²) in [5, 5.41) is 0.656. The zero-order valence-corrected chi connectivity index (χ0v) is 10.4. The minimum atomic E-state index is -0.0951. The molecule has 0 amide bonds. The summed E-state index contributed by atoms with van der Waals surface area (Å²) in [7, 11) is 0. The van der Waals surface area contributed by atoms with Gasteiger partial charge in [-0.2, -0.15) is 0 Å². The Labute approximate surface area is 106 Å². The van der Waals surface area contributed by atoms with Crippen molar-refractivity contribution in [1.82, 2.24) is 9.97 Å². The van der Waals surface area contributed by atoms with Gasteiger partial charge >= 0.3 is 0 Å². The van der Waals surface area contributed by atoms with E-state index in [2.05, 4.69) is 9.97 Å². The molecule has 0 saturated carbocycles. The Hall–Kier alpha value is -1.45. The molecule has 1 atom stereocenters. The van der Waals surface area contributed by atoms with E-state index in [1.165, 1.54) is 0 Å². The molecule has 0 fully saturated rings. The van der Waals surface area contributed by atoms with Gasteiger partial charge in [0.05, 0.1) is 5.02 Å². The van der Waals surface area contributed by atoms with E-state index in [1.54, 1.807) is 18.6 Å². The van der Waals surface area contributed by atoms with Gasteiger partial charge in [0.2, 0.25) is 0 Å². The predicted molar refractivity (Wildman–Crippen MR) is 68.9 cm³/mol. The number of halogens is 1. The van der Waals surface area contributed by atoms with Crippen LogP contribution in [-0.2, 0) is 6.42 Å². The van der Waals surface area contributed by atoms with E-state index in [0.29, 0.717) is 11.4 Å². The number of pyridine rings is 2. The minimum absolute atomic E-state index is 0.0951. The summed E-state index contributed by atoms with van der Waals surface area (Å²) >= 11 is 6.05. The van der Waals surface area contributed by atoms with Gasteiger partial charge in [-0.25, -0.2) is 0 Å². The summed E-state index contributed by atoms with van der Waals surface area (Å²) in [4.78, 5) is 8.10. The molecular formula is C13H14ClN3. The van der Waals surface area contributed by atoms with Gasteiger partial charge in [0.1, 0.15) is 0 Å². The Bertz CT molecular complexity index is 514. The normalized spacial score (nSPS) is 12.4. The van der Waals surface area contributed by atoms with Crippen molar-refractivity contribution in [3.63, 3.8) is 0 Å². The molecule has 0 aliphatic heterocycles. The molecule has 17 heavy (non-hydrogen) atoms. The van der Waals surface area contributed by atoms with Crippen LogP contribution in [0.15, 0.2) is 36.9 Å². The lowest BCUT2D eigenvalue weighted by atomic mass is 10.0. The third-order valence-corrected chi connectivity index (χ3v) is 2.96. The van der Waals surface area contributed by atoms with Crippen LogP contribution < -0.4 is 5.73 Å². The average Bonchev–Trinajstić information content (AvgIpc) is 2.32. The van der Waals surface area contributed by atoms with E-state index >= 15 is 0 Å². The molecular weight excluding hydrogens is 234 g/mol. The summed E-state index contributed by atoms with van der Waals surface area (Å²) in [6.07, 6.45) is 7.66. The largest absolute Gasteiger partial charge is 0.324 e. The van der Waals surface area contributed by atoms with Crippen molar-refractivity contribution in [3.05, 3.63) is 58.6 Å². The number of nitrogens with zero attached hydrogens (tertiary/aromatic N) is 2. The summed E-state index contributed by atoms with van der Waals surface area (Å²) in [6, 6.07) is 3.85. The van der Waals surface area contributed by atoms with Crippen molar-refractivity contribution in [2.24, 2.45) is 5.73 Å². The fourth-order valence-corrected chi connectivity index (χ4v) is 1.90. The topological polar surface area (TPSA) is 51.8 Å². The van der Waals surface area contributed by atoms with E-state index in [0.717, 1.165) is 16.7 Å². The van der Waals surface area contributed by atoms with Crippen LogP contribution in [0.4, 0.5) is 0 Å². The summed E-state index contributed by atoms with van der Waals surface area (Å²) < 4.78 is 0. The lowest BCUT2D eigenvalue weighted by Crippen LogP contribution is -2.14. The molecule has 0 spiro atoms. The zero-order chi connectivity index (χ0) is 12.3. The minimum Gasteiger partial charge on any atom is -0.324 e. The number of hydrogen-bond donors (Lipinski definition) is 1. The van der Waals surface area contributed by atoms with E-state index in [1.807, 2.05) is 25.3 Å². The summed E-state index contributed by atoms with van der Waals surface area (Å²) in [5.41, 5.74) is 9.29. The second kappa shape index (κ2) is 5.25. The van der Waals surface area contributed by atoms with Gasteiger partial charge in [-0.15, -0.1) is 0 Å². The predicted octanol–water partition coefficient (Wildman–Crippen LogP) is 2.68. The second-order valence-corrected chi connectivity index (χ2v) is 4.48. The first kappa shape index (κ1) is 12.0. The molecule has 2 rings (SSSR count). The van der Waals surface area contributed by atoms with E-state index in [9.17, 15) is 0 Å². The molecule has 1 unspecified atom stereocenters. The van der Waals surface area contributed by atoms with Crippen LogP contribution in [0.5, 0.6) is 0 Å². The van der Waals surface area contributed by atoms with Gasteiger partial charge in [0.25, 0.3) is 0 Å². The third-order valence-electron chi connectivity index (χ3n) is 2.62. The number of aryl methyl sites for hydroxylation is 1. The van der Waals surface area contributed by atoms with Gasteiger partial charge in [0.15, 0.2) is 0 Å². The van der Waals surface area contributed by atoms with Gasteiger partial charge in [-0.3, -0.25) is 9.97 Å². The molecule has 2 aromatic rings. The number of nitrogens with two attached hydrogens (primary N) is 1. The highest BCUT2D eigenvalue weighted by Crippen LogP contribution is 2.21. The monoisotopic (exact) mass is 247 g/mol. The summed E-state index contributed by atoms with van der Waals surface area (Å²) in [6.45, 7) is 2.00. The second-order valence-electron chi connectivity index (χ2n) is 4.07. The molecule has 2 N–H and O–H groups in total. The molecule has 0 aliphatic carbocycles. The first-order valence-electron chi connectivity index (χ1n) is 5.42. The molecule has 4 heteroatoms. The number of aromatic nitrogens is 2. The quantitative estimate of drug-likeness (QED) is 0.907. The molecule has 2 aromatic heterocycles. The smallest absolute Gasteiger partial charge is 0.0622 e. The van der Waals surface area contributed by atoms with Gasteiger partial charge in [0, 0.05) is 30.8 Å². The molecule has 88 valence electrons. The first-order chi connectivity index (χ1) is 8.16. The van der Waals surface area contributed by atoms with Crippen LogP contribution in [0, 0.1) is 6.92 Å². The first-order valence-corrected chi connectivity index (χ1v) is 5.80. The van der Waals surface area contributed by atoms with Crippen molar-refractivity contribution in [2.75, 3.05) is 0 Å². The lowest BCUT2D eigenvalue weighted by molar-refractivity contribution is 0.716. The lowest BCUT2D eigenvalue weighted by Gasteiger charge is -2.13. The average molecular weight is 248 g/mol. The van der Waals surface area contributed by atoms with Crippen molar-refractivity contribution in [2.45, 2.75) is 19.4 Å². The van der Waals surface area contributed by atoms with E-state index < -0.39 is 0 Å². The van der Waals surface area contributed by atoms with Crippen molar-refractivity contribution < 1.29 is 0 Å². The fourth-order valence-electron chi connectivity index (χ4n) is 1.71. The van der Waals surface area contributed by atoms with Gasteiger partial charge in [-0.1, -0.05) is 17.7 Å². The summed E-state index contributed by atoms with van der Waals surface area (Å²) in [5.74, 6) is 0. The highest BCUT2D eigenvalue weighted by atomic mass is 35.5. The Balaban J connectivity index is 2.17. The Morgan fingerprint density at radius 2 is 2.12 bits per heavy atom. The maximum atomic E-state index is 6.15. The van der Waals surface area contributed by atoms with E-state index in [4.69, 9.17) is 17.3 Å². The SMILES string of the molecule is Cc1cncc(C(N)Cc2ccncc2Cl)c1. The molecule has 0 saturated heterocycles. The Morgan fingerprint density at radius 1 is 1.29 bits per heavy atom. The van der Waals surface area contributed by atoms with Crippen LogP contribution >= 0.6 is 11.6 Å². The van der Waals surface area contributed by atoms with Gasteiger partial charge in [-0.05, 0) is 36.1 Å². The van der Waals surface area contributed by atoms with Crippen LogP contribution in [0.25, 0.3) is 0 Å². The van der Waals surface area contributed by atoms with Crippen LogP contribution in [0.2, 0.25) is 5.02 Å². The van der Waals surface area contributed by atoms with Crippen LogP contribution in [0.1, 0.15) is 22.7 Å². The molecule has 2 heterocycles. The molecule has 3 nitrogen and oxygen atoms in total. The van der Waals surface area contributed by atoms with Crippen molar-refractivity contribution in [3.8, 4) is 0 Å². The highest BCUT2D eigenvalue weighted by Gasteiger charge is 2.09. The molecule has 0 aliphatic rings. The Morgan fingerprint density at radius 3 is 2.82 bits per heavy atom. The zero-order valence-electron chi connectivity index (χ0n) is 9.60. The van der Waals surface area contributed by atoms with Crippen molar-refractivity contribution in [1.29, 1.82) is 0 Å². The third kappa shape index (κ3) is 3.02. The van der Waals surface area contributed by atoms with Crippen LogP contribution in [-0.4, -0.2) is 9.97 Å². The van der Waals surface area contributed by atoms with Gasteiger partial charge < -0.3 is 5.73 Å². The molecule has 0 radical (unpaired) electrons. The fraction of sp³-hybridized carbons (Fsp3) is 0.231. The highest BCUT2D eigenvalue weighted by molar-refractivity contribution is 6.31. The molecule has 0 aromatic carbocycles. The molecule has 0 bridgehead atoms. The van der Waals surface area contributed by atoms with E-state index in [-0.39, 0.29) is 6.04 Å². The van der Waals surface area contributed by atoms with Crippen molar-refractivity contribution >= 4 is 11.6 Å². The maximum Gasteiger partial charge on any atom is 0.0622 e. The standard InChI is InChI=1S/C13H14ClN3/c1-9-4-11(7-17-6-9)13(15)5-10-2-3-16-8-12(10)14/h2-4,6-8,13H,5,15H2,1H3. The number of rotatable bonds is 3. The van der Waals surface area contributed by atoms with Crippen LogP contribution in [0.3, 0.4) is 0 Å².